The van der Waals surface area contributed by atoms with Crippen molar-refractivity contribution in [3.8, 4) is 17.1 Å². The third kappa shape index (κ3) is 5.15. The molecule has 4 aromatic carbocycles. The molecule has 0 saturated heterocycles. The van der Waals surface area contributed by atoms with Crippen molar-refractivity contribution >= 4 is 34.7 Å². The maximum absolute atomic E-state index is 12.5. The predicted molar refractivity (Wildman–Crippen MR) is 142 cm³/mol. The molecule has 0 saturated carbocycles. The Labute approximate surface area is 207 Å². The fraction of sp³-hybridized carbons (Fsp3) is 0.0714. The van der Waals surface area contributed by atoms with Gasteiger partial charge in [0.1, 0.15) is 0 Å². The van der Waals surface area contributed by atoms with Crippen molar-refractivity contribution in [1.29, 1.82) is 0 Å². The van der Waals surface area contributed by atoms with Crippen LogP contribution in [0.15, 0.2) is 107 Å². The number of carbonyl (C=O) groups excluding carboxylic acids is 1. The largest absolute Gasteiger partial charge is 0.272 e. The molecular formula is C28H23N5OS. The molecule has 5 rings (SSSR count). The van der Waals surface area contributed by atoms with E-state index >= 15 is 0 Å². The number of aryl methyl sites for hydroxylation is 1. The maximum Gasteiger partial charge on any atom is 0.250 e. The lowest BCUT2D eigenvalue weighted by molar-refractivity contribution is -0.118. The van der Waals surface area contributed by atoms with Gasteiger partial charge in [0.15, 0.2) is 11.0 Å². The van der Waals surface area contributed by atoms with E-state index in [2.05, 4.69) is 32.9 Å². The lowest BCUT2D eigenvalue weighted by atomic mass is 10.1. The summed E-state index contributed by atoms with van der Waals surface area (Å²) in [6, 6.07) is 32.1. The second-order valence-electron chi connectivity index (χ2n) is 7.99. The summed E-state index contributed by atoms with van der Waals surface area (Å²) in [6.07, 6.45) is 1.67. The fourth-order valence-electron chi connectivity index (χ4n) is 3.76. The van der Waals surface area contributed by atoms with Gasteiger partial charge in [-0.2, -0.15) is 5.10 Å². The van der Waals surface area contributed by atoms with Crippen molar-refractivity contribution in [3.63, 3.8) is 0 Å². The van der Waals surface area contributed by atoms with Gasteiger partial charge in [0.05, 0.1) is 12.0 Å². The van der Waals surface area contributed by atoms with E-state index in [0.29, 0.717) is 5.16 Å². The molecule has 1 amide bonds. The van der Waals surface area contributed by atoms with Gasteiger partial charge in [0, 0.05) is 16.8 Å². The number of fused-ring (bicyclic) bond motifs is 1. The highest BCUT2D eigenvalue weighted by Gasteiger charge is 2.17. The Hall–Kier alpha value is -4.23. The van der Waals surface area contributed by atoms with Crippen molar-refractivity contribution in [2.45, 2.75) is 12.1 Å². The van der Waals surface area contributed by atoms with E-state index in [4.69, 9.17) is 0 Å². The number of benzene rings is 4. The minimum atomic E-state index is -0.217. The average Bonchev–Trinajstić information content (AvgIpc) is 3.32. The number of nitrogens with zero attached hydrogens (tertiary/aromatic N) is 4. The smallest absolute Gasteiger partial charge is 0.250 e. The molecule has 1 N–H and O–H groups in total. The first-order valence-electron chi connectivity index (χ1n) is 11.2. The standard InChI is InChI=1S/C28H23N5OS/c1-20-14-16-22(17-15-20)27-31-32-28(33(27)24-11-3-2-4-12-24)35-19-26(34)30-29-18-23-10-7-9-21-8-5-6-13-25(21)23/h2-18H,19H2,1H3,(H,30,34). The van der Waals surface area contributed by atoms with Crippen LogP contribution in [-0.4, -0.2) is 32.6 Å². The molecule has 6 nitrogen and oxygen atoms in total. The Kier molecular flexibility index (Phi) is 6.68. The fourth-order valence-corrected chi connectivity index (χ4v) is 4.51. The lowest BCUT2D eigenvalue weighted by Crippen LogP contribution is -2.20. The van der Waals surface area contributed by atoms with E-state index in [1.807, 2.05) is 96.4 Å². The van der Waals surface area contributed by atoms with Gasteiger partial charge in [0.25, 0.3) is 5.91 Å². The van der Waals surface area contributed by atoms with E-state index in [-0.39, 0.29) is 11.7 Å². The molecule has 0 unspecified atom stereocenters. The van der Waals surface area contributed by atoms with Gasteiger partial charge in [0.2, 0.25) is 0 Å². The summed E-state index contributed by atoms with van der Waals surface area (Å²) in [4.78, 5) is 12.5. The number of thioether (sulfide) groups is 1. The third-order valence-electron chi connectivity index (χ3n) is 5.51. The first-order valence-corrected chi connectivity index (χ1v) is 12.2. The van der Waals surface area contributed by atoms with Gasteiger partial charge in [-0.1, -0.05) is 102 Å². The van der Waals surface area contributed by atoms with Gasteiger partial charge >= 0.3 is 0 Å². The summed E-state index contributed by atoms with van der Waals surface area (Å²) in [6.45, 7) is 2.05. The number of aromatic nitrogens is 3. The van der Waals surface area contributed by atoms with Crippen molar-refractivity contribution in [1.82, 2.24) is 20.2 Å². The summed E-state index contributed by atoms with van der Waals surface area (Å²) in [7, 11) is 0. The average molecular weight is 478 g/mol. The van der Waals surface area contributed by atoms with E-state index in [0.717, 1.165) is 33.4 Å². The van der Waals surface area contributed by atoms with E-state index in [9.17, 15) is 4.79 Å². The minimum Gasteiger partial charge on any atom is -0.272 e. The summed E-state index contributed by atoms with van der Waals surface area (Å²) in [5.74, 6) is 0.672. The zero-order valence-corrected chi connectivity index (χ0v) is 19.9. The molecule has 7 heteroatoms. The van der Waals surface area contributed by atoms with Crippen LogP contribution >= 0.6 is 11.8 Å². The molecule has 1 aromatic heterocycles. The molecule has 0 aliphatic heterocycles. The van der Waals surface area contributed by atoms with E-state index < -0.39 is 0 Å². The van der Waals surface area contributed by atoms with Crippen LogP contribution in [0.2, 0.25) is 0 Å². The summed E-state index contributed by atoms with van der Waals surface area (Å²) in [5.41, 5.74) is 6.64. The number of hydrazone groups is 1. The van der Waals surface area contributed by atoms with E-state index in [1.54, 1.807) is 6.21 Å². The number of rotatable bonds is 7. The number of para-hydroxylation sites is 1. The normalized spacial score (nSPS) is 11.2. The Morgan fingerprint density at radius 1 is 0.914 bits per heavy atom. The number of carbonyl (C=O) groups is 1. The molecule has 172 valence electrons. The molecule has 0 aliphatic carbocycles. The SMILES string of the molecule is Cc1ccc(-c2nnc(SCC(=O)NN=Cc3cccc4ccccc34)n2-c2ccccc2)cc1. The molecule has 0 aliphatic rings. The second kappa shape index (κ2) is 10.4. The monoisotopic (exact) mass is 477 g/mol. The van der Waals surface area contributed by atoms with Crippen LogP contribution in [0.1, 0.15) is 11.1 Å². The molecule has 35 heavy (non-hydrogen) atoms. The molecule has 0 atom stereocenters. The third-order valence-corrected chi connectivity index (χ3v) is 6.44. The zero-order valence-electron chi connectivity index (χ0n) is 19.1. The summed E-state index contributed by atoms with van der Waals surface area (Å²) >= 11 is 1.32. The molecule has 0 radical (unpaired) electrons. The highest BCUT2D eigenvalue weighted by atomic mass is 32.2. The summed E-state index contributed by atoms with van der Waals surface area (Å²) in [5, 5.41) is 15.8. The second-order valence-corrected chi connectivity index (χ2v) is 8.94. The van der Waals surface area contributed by atoms with Gasteiger partial charge in [-0.25, -0.2) is 5.43 Å². The molecule has 5 aromatic rings. The molecule has 0 bridgehead atoms. The van der Waals surface area contributed by atoms with Gasteiger partial charge in [-0.15, -0.1) is 10.2 Å². The Balaban J connectivity index is 1.31. The molecular weight excluding hydrogens is 454 g/mol. The Morgan fingerprint density at radius 3 is 2.49 bits per heavy atom. The topological polar surface area (TPSA) is 72.2 Å². The maximum atomic E-state index is 12.5. The van der Waals surface area contributed by atoms with Gasteiger partial charge in [-0.05, 0) is 29.8 Å². The number of hydrogen-bond donors (Lipinski definition) is 1. The van der Waals surface area contributed by atoms with E-state index in [1.165, 1.54) is 17.3 Å². The minimum absolute atomic E-state index is 0.158. The Bertz CT molecular complexity index is 1490. The molecule has 0 spiro atoms. The van der Waals surface area contributed by atoms with Crippen molar-refractivity contribution in [2.75, 3.05) is 5.75 Å². The van der Waals surface area contributed by atoms with Crippen LogP contribution in [-0.2, 0) is 4.79 Å². The van der Waals surface area contributed by atoms with Crippen LogP contribution in [0.4, 0.5) is 0 Å². The Morgan fingerprint density at radius 2 is 1.66 bits per heavy atom. The first-order chi connectivity index (χ1) is 17.2. The number of nitrogens with one attached hydrogen (secondary N) is 1. The van der Waals surface area contributed by atoms with Crippen LogP contribution in [0.25, 0.3) is 27.8 Å². The first kappa shape index (κ1) is 22.6. The molecule has 1 heterocycles. The van der Waals surface area contributed by atoms with Crippen molar-refractivity contribution in [3.05, 3.63) is 108 Å². The van der Waals surface area contributed by atoms with Gasteiger partial charge < -0.3 is 0 Å². The lowest BCUT2D eigenvalue weighted by Gasteiger charge is -2.10. The number of amides is 1. The summed E-state index contributed by atoms with van der Waals surface area (Å²) < 4.78 is 1.97. The van der Waals surface area contributed by atoms with Crippen LogP contribution in [0.3, 0.4) is 0 Å². The van der Waals surface area contributed by atoms with Crippen LogP contribution < -0.4 is 5.43 Å². The highest BCUT2D eigenvalue weighted by molar-refractivity contribution is 7.99. The van der Waals surface area contributed by atoms with Crippen LogP contribution in [0.5, 0.6) is 0 Å². The molecule has 0 fully saturated rings. The number of hydrogen-bond acceptors (Lipinski definition) is 5. The predicted octanol–water partition coefficient (Wildman–Crippen LogP) is 5.64. The van der Waals surface area contributed by atoms with Crippen molar-refractivity contribution in [2.24, 2.45) is 5.10 Å². The van der Waals surface area contributed by atoms with Gasteiger partial charge in [-0.3, -0.25) is 9.36 Å². The van der Waals surface area contributed by atoms with Crippen molar-refractivity contribution < 1.29 is 4.79 Å². The van der Waals surface area contributed by atoms with Crippen LogP contribution in [0, 0.1) is 6.92 Å². The zero-order chi connectivity index (χ0) is 24.0. The highest BCUT2D eigenvalue weighted by Crippen LogP contribution is 2.28. The quantitative estimate of drug-likeness (QED) is 0.187.